The molecule has 0 unspecified atom stereocenters. The van der Waals surface area contributed by atoms with E-state index in [1.54, 1.807) is 0 Å². The maximum Gasteiger partial charge on any atom is 0.261 e. The highest BCUT2D eigenvalue weighted by atomic mass is 27.2. The van der Waals surface area contributed by atoms with Crippen molar-refractivity contribution in [1.82, 2.24) is 0 Å². The van der Waals surface area contributed by atoms with Crippen LogP contribution in [0.4, 0.5) is 0 Å². The first-order chi connectivity index (χ1) is 6.69. The van der Waals surface area contributed by atoms with Gasteiger partial charge in [-0.15, -0.1) is 0 Å². The molecule has 2 heteroatoms. The fraction of sp³-hybridized carbons (Fsp3) is 1.00. The van der Waals surface area contributed by atoms with Gasteiger partial charge in [0.15, 0.2) is 0 Å². The van der Waals surface area contributed by atoms with Crippen LogP contribution in [0.1, 0.15) is 41.5 Å². The summed E-state index contributed by atoms with van der Waals surface area (Å²) in [6.07, 6.45) is 4.06. The fourth-order valence-electron chi connectivity index (χ4n) is 1.73. The summed E-state index contributed by atoms with van der Waals surface area (Å²) in [5, 5.41) is 4.48. The Balaban J connectivity index is 0. The molecule has 0 spiro atoms. The Labute approximate surface area is 97.3 Å². The lowest BCUT2D eigenvalue weighted by atomic mass is 9.44. The normalized spacial score (nSPS) is 9.00. The summed E-state index contributed by atoms with van der Waals surface area (Å²) in [7, 11) is 0. The van der Waals surface area contributed by atoms with Gasteiger partial charge in [-0.05, 0) is 0 Å². The molecule has 0 aliphatic heterocycles. The molecule has 0 saturated carbocycles. The second-order valence-corrected chi connectivity index (χ2v) is 8.36. The van der Waals surface area contributed by atoms with E-state index in [9.17, 15) is 0 Å². The average Bonchev–Trinajstić information content (AvgIpc) is 2.24. The Kier molecular flexibility index (Phi) is 16.5. The van der Waals surface area contributed by atoms with Gasteiger partial charge in [0.05, 0.1) is 0 Å². The van der Waals surface area contributed by atoms with Gasteiger partial charge in [0.25, 0.3) is 14.1 Å². The number of hydrogen-bond acceptors (Lipinski definition) is 0. The SMILES string of the molecule is CCB(CC)CC.C[CH2][Al]([CH2]C)[CH2]C. The van der Waals surface area contributed by atoms with Gasteiger partial charge in [0.1, 0.15) is 6.71 Å². The van der Waals surface area contributed by atoms with Gasteiger partial charge in [-0.2, -0.15) is 0 Å². The molecule has 0 aromatic rings. The molecule has 0 aromatic carbocycles. The minimum absolute atomic E-state index is 0.171. The van der Waals surface area contributed by atoms with Gasteiger partial charge >= 0.3 is 0 Å². The molecular formula is C12H30AlB. The Hall–Kier alpha value is 0.597. The van der Waals surface area contributed by atoms with Crippen LogP contribution in [0.2, 0.25) is 34.8 Å². The molecule has 0 aliphatic rings. The Morgan fingerprint density at radius 2 is 0.929 bits per heavy atom. The van der Waals surface area contributed by atoms with Crippen molar-refractivity contribution >= 4 is 20.9 Å². The van der Waals surface area contributed by atoms with Crippen molar-refractivity contribution in [2.24, 2.45) is 0 Å². The summed E-state index contributed by atoms with van der Waals surface area (Å²) < 4.78 is 0. The highest BCUT2D eigenvalue weighted by molar-refractivity contribution is 6.58. The molecule has 0 aromatic heterocycles. The van der Waals surface area contributed by atoms with Crippen molar-refractivity contribution in [2.75, 3.05) is 0 Å². The quantitative estimate of drug-likeness (QED) is 0.538. The van der Waals surface area contributed by atoms with Crippen LogP contribution in [-0.4, -0.2) is 20.9 Å². The van der Waals surface area contributed by atoms with E-state index in [-0.39, 0.29) is 14.1 Å². The average molecular weight is 212 g/mol. The van der Waals surface area contributed by atoms with Gasteiger partial charge in [-0.1, -0.05) is 76.4 Å². The lowest BCUT2D eigenvalue weighted by Crippen LogP contribution is -2.04. The zero-order valence-corrected chi connectivity index (χ0v) is 12.6. The standard InChI is InChI=1S/C6H15B.3C2H5.Al/c1-4-7(5-2)6-3;3*1-2;/h4-6H2,1-3H3;3*1H2,2H3;. The van der Waals surface area contributed by atoms with Gasteiger partial charge < -0.3 is 0 Å². The van der Waals surface area contributed by atoms with E-state index in [0.717, 1.165) is 6.71 Å². The number of rotatable bonds is 6. The summed E-state index contributed by atoms with van der Waals surface area (Å²) in [5.74, 6) is 0. The lowest BCUT2D eigenvalue weighted by Gasteiger charge is -2.00. The van der Waals surface area contributed by atoms with E-state index >= 15 is 0 Å². The van der Waals surface area contributed by atoms with Gasteiger partial charge in [0.2, 0.25) is 0 Å². The van der Waals surface area contributed by atoms with Crippen LogP contribution in [0.25, 0.3) is 0 Å². The number of hydrogen-bond donors (Lipinski definition) is 0. The highest BCUT2D eigenvalue weighted by Crippen LogP contribution is 2.02. The summed E-state index contributed by atoms with van der Waals surface area (Å²) in [6, 6.07) is 0. The van der Waals surface area contributed by atoms with Crippen LogP contribution < -0.4 is 0 Å². The molecular weight excluding hydrogens is 182 g/mol. The Morgan fingerprint density at radius 1 is 0.643 bits per heavy atom. The second kappa shape index (κ2) is 13.6. The van der Waals surface area contributed by atoms with Gasteiger partial charge in [-0.3, -0.25) is 0 Å². The smallest absolute Gasteiger partial charge is 0.0967 e. The van der Waals surface area contributed by atoms with Crippen molar-refractivity contribution < 1.29 is 0 Å². The van der Waals surface area contributed by atoms with E-state index in [2.05, 4.69) is 41.5 Å². The molecule has 0 rings (SSSR count). The third-order valence-electron chi connectivity index (χ3n) is 3.46. The molecule has 0 saturated heterocycles. The van der Waals surface area contributed by atoms with Gasteiger partial charge in [-0.25, -0.2) is 0 Å². The van der Waals surface area contributed by atoms with Crippen LogP contribution in [0.3, 0.4) is 0 Å². The van der Waals surface area contributed by atoms with E-state index in [1.165, 1.54) is 34.8 Å². The maximum absolute atomic E-state index is 2.32. The third kappa shape index (κ3) is 10.7. The molecule has 0 aliphatic carbocycles. The van der Waals surface area contributed by atoms with Crippen molar-refractivity contribution in [3.8, 4) is 0 Å². The predicted molar refractivity (Wildman–Crippen MR) is 74.4 cm³/mol. The first kappa shape index (κ1) is 17.0. The van der Waals surface area contributed by atoms with E-state index in [1.807, 2.05) is 0 Å². The van der Waals surface area contributed by atoms with Crippen molar-refractivity contribution in [3.63, 3.8) is 0 Å². The molecule has 84 valence electrons. The fourth-order valence-corrected chi connectivity index (χ4v) is 3.46. The van der Waals surface area contributed by atoms with Crippen LogP contribution in [-0.2, 0) is 0 Å². The van der Waals surface area contributed by atoms with E-state index < -0.39 is 0 Å². The van der Waals surface area contributed by atoms with Crippen LogP contribution in [0.15, 0.2) is 0 Å². The molecule has 0 radical (unpaired) electrons. The van der Waals surface area contributed by atoms with Crippen LogP contribution in [0.5, 0.6) is 0 Å². The first-order valence-corrected chi connectivity index (χ1v) is 9.14. The third-order valence-corrected chi connectivity index (χ3v) is 6.93. The summed E-state index contributed by atoms with van der Waals surface area (Å²) >= 11 is -0.171. The van der Waals surface area contributed by atoms with Crippen LogP contribution >= 0.6 is 0 Å². The Bertz CT molecular complexity index is 65.3. The summed E-state index contributed by atoms with van der Waals surface area (Å²) in [6.45, 7) is 14.7. The Morgan fingerprint density at radius 3 is 0.929 bits per heavy atom. The molecule has 0 heterocycles. The van der Waals surface area contributed by atoms with E-state index in [0.29, 0.717) is 0 Å². The topological polar surface area (TPSA) is 0 Å². The second-order valence-electron chi connectivity index (χ2n) is 4.18. The summed E-state index contributed by atoms with van der Waals surface area (Å²) in [4.78, 5) is 0. The molecule has 0 N–H and O–H groups in total. The van der Waals surface area contributed by atoms with Crippen LogP contribution in [0, 0.1) is 0 Å². The minimum Gasteiger partial charge on any atom is -0.0967 e. The molecule has 14 heavy (non-hydrogen) atoms. The molecule has 0 nitrogen and oxygen atoms in total. The zero-order valence-electron chi connectivity index (χ0n) is 11.4. The first-order valence-electron chi connectivity index (χ1n) is 6.69. The van der Waals surface area contributed by atoms with Crippen molar-refractivity contribution in [2.45, 2.75) is 76.4 Å². The zero-order chi connectivity index (χ0) is 11.4. The highest BCUT2D eigenvalue weighted by Gasteiger charge is 2.05. The molecule has 0 amide bonds. The van der Waals surface area contributed by atoms with Crippen molar-refractivity contribution in [1.29, 1.82) is 0 Å². The largest absolute Gasteiger partial charge is 0.261 e. The van der Waals surface area contributed by atoms with E-state index in [4.69, 9.17) is 0 Å². The molecule has 0 atom stereocenters. The monoisotopic (exact) mass is 212 g/mol. The summed E-state index contributed by atoms with van der Waals surface area (Å²) in [5.41, 5.74) is 0. The van der Waals surface area contributed by atoms with Crippen molar-refractivity contribution in [3.05, 3.63) is 0 Å². The molecule has 0 fully saturated rings. The lowest BCUT2D eigenvalue weighted by molar-refractivity contribution is 1.24. The minimum atomic E-state index is -0.171. The predicted octanol–water partition coefficient (Wildman–Crippen LogP) is 5.08. The van der Waals surface area contributed by atoms with Gasteiger partial charge in [0, 0.05) is 0 Å². The maximum atomic E-state index is 2.32. The molecule has 0 bridgehead atoms.